The first-order valence-corrected chi connectivity index (χ1v) is 7.64. The van der Waals surface area contributed by atoms with Crippen molar-refractivity contribution in [1.29, 1.82) is 0 Å². The van der Waals surface area contributed by atoms with Crippen LogP contribution >= 0.6 is 0 Å². The maximum Gasteiger partial charge on any atom is 0.166 e. The van der Waals surface area contributed by atoms with Crippen molar-refractivity contribution in [2.24, 2.45) is 0 Å². The van der Waals surface area contributed by atoms with Crippen LogP contribution in [0.3, 0.4) is 0 Å². The number of benzene rings is 1. The molecule has 1 saturated carbocycles. The predicted molar refractivity (Wildman–Crippen MR) is 78.5 cm³/mol. The van der Waals surface area contributed by atoms with Crippen LogP contribution in [0.5, 0.6) is 0 Å². The normalized spacial score (nSPS) is 19.7. The van der Waals surface area contributed by atoms with Gasteiger partial charge in [-0.3, -0.25) is 4.79 Å². The summed E-state index contributed by atoms with van der Waals surface area (Å²) in [6.07, 6.45) is 11.7. The van der Waals surface area contributed by atoms with Crippen molar-refractivity contribution in [3.05, 3.63) is 47.0 Å². The van der Waals surface area contributed by atoms with Crippen LogP contribution in [0.4, 0.5) is 0 Å². The fourth-order valence-electron chi connectivity index (χ4n) is 3.08. The summed E-state index contributed by atoms with van der Waals surface area (Å²) in [5.74, 6) is 1.01. The standard InChI is InChI=1S/C18H22O/c19-18(12-14-6-2-1-3-7-14)17-11-5-10-16(13-17)15-8-4-9-15/h5-6,10-11,13,15H,1-4,7-9,12H2. The number of ketones is 1. The van der Waals surface area contributed by atoms with Crippen LogP contribution in [-0.2, 0) is 0 Å². The van der Waals surface area contributed by atoms with Gasteiger partial charge in [-0.2, -0.15) is 0 Å². The molecule has 0 saturated heterocycles. The van der Waals surface area contributed by atoms with Crippen LogP contribution in [0.2, 0.25) is 0 Å². The highest BCUT2D eigenvalue weighted by molar-refractivity contribution is 5.97. The first kappa shape index (κ1) is 12.7. The van der Waals surface area contributed by atoms with Crippen LogP contribution in [0, 0.1) is 0 Å². The van der Waals surface area contributed by atoms with E-state index < -0.39 is 0 Å². The number of allylic oxidation sites excluding steroid dienone is 2. The lowest BCUT2D eigenvalue weighted by atomic mass is 9.79. The summed E-state index contributed by atoms with van der Waals surface area (Å²) in [6.45, 7) is 0. The molecule has 0 spiro atoms. The zero-order valence-corrected chi connectivity index (χ0v) is 11.5. The molecule has 100 valence electrons. The Morgan fingerprint density at radius 2 is 2.05 bits per heavy atom. The first-order chi connectivity index (χ1) is 9.33. The second-order valence-electron chi connectivity index (χ2n) is 5.96. The summed E-state index contributed by atoms with van der Waals surface area (Å²) in [4.78, 5) is 12.4. The lowest BCUT2D eigenvalue weighted by molar-refractivity contribution is 0.0991. The van der Waals surface area contributed by atoms with E-state index in [0.717, 1.165) is 18.4 Å². The lowest BCUT2D eigenvalue weighted by Gasteiger charge is -2.26. The maximum absolute atomic E-state index is 12.4. The van der Waals surface area contributed by atoms with Crippen LogP contribution in [0.15, 0.2) is 35.9 Å². The minimum Gasteiger partial charge on any atom is -0.294 e. The van der Waals surface area contributed by atoms with Crippen molar-refractivity contribution in [2.45, 2.75) is 57.3 Å². The molecule has 1 fully saturated rings. The van der Waals surface area contributed by atoms with E-state index in [-0.39, 0.29) is 0 Å². The molecule has 19 heavy (non-hydrogen) atoms. The molecule has 0 heterocycles. The highest BCUT2D eigenvalue weighted by Gasteiger charge is 2.20. The fourth-order valence-corrected chi connectivity index (χ4v) is 3.08. The molecule has 0 bridgehead atoms. The number of hydrogen-bond donors (Lipinski definition) is 0. The third-order valence-corrected chi connectivity index (χ3v) is 4.56. The van der Waals surface area contributed by atoms with Gasteiger partial charge in [0, 0.05) is 12.0 Å². The lowest BCUT2D eigenvalue weighted by Crippen LogP contribution is -2.10. The van der Waals surface area contributed by atoms with Crippen molar-refractivity contribution in [3.63, 3.8) is 0 Å². The highest BCUT2D eigenvalue weighted by atomic mass is 16.1. The number of hydrogen-bond acceptors (Lipinski definition) is 1. The summed E-state index contributed by atoms with van der Waals surface area (Å²) in [5.41, 5.74) is 3.64. The smallest absolute Gasteiger partial charge is 0.166 e. The summed E-state index contributed by atoms with van der Waals surface area (Å²) in [5, 5.41) is 0. The van der Waals surface area contributed by atoms with E-state index >= 15 is 0 Å². The van der Waals surface area contributed by atoms with Gasteiger partial charge in [0.25, 0.3) is 0 Å². The summed E-state index contributed by atoms with van der Waals surface area (Å²) < 4.78 is 0. The van der Waals surface area contributed by atoms with Gasteiger partial charge in [0.05, 0.1) is 0 Å². The van der Waals surface area contributed by atoms with Crippen LogP contribution in [-0.4, -0.2) is 5.78 Å². The van der Waals surface area contributed by atoms with E-state index in [1.165, 1.54) is 43.2 Å². The Morgan fingerprint density at radius 1 is 1.16 bits per heavy atom. The molecule has 2 aliphatic rings. The zero-order valence-electron chi connectivity index (χ0n) is 11.5. The first-order valence-electron chi connectivity index (χ1n) is 7.64. The van der Waals surface area contributed by atoms with Gasteiger partial charge in [0.15, 0.2) is 5.78 Å². The molecule has 1 heteroatoms. The van der Waals surface area contributed by atoms with E-state index in [2.05, 4.69) is 24.3 Å². The molecule has 0 unspecified atom stereocenters. The molecule has 0 aromatic heterocycles. The third kappa shape index (κ3) is 2.97. The molecule has 2 aliphatic carbocycles. The van der Waals surface area contributed by atoms with Gasteiger partial charge in [-0.05, 0) is 56.1 Å². The fraction of sp³-hybridized carbons (Fsp3) is 0.500. The summed E-state index contributed by atoms with van der Waals surface area (Å²) in [6, 6.07) is 8.35. The summed E-state index contributed by atoms with van der Waals surface area (Å²) >= 11 is 0. The molecule has 0 amide bonds. The molecule has 3 rings (SSSR count). The van der Waals surface area contributed by atoms with E-state index in [1.54, 1.807) is 0 Å². The maximum atomic E-state index is 12.4. The zero-order chi connectivity index (χ0) is 13.1. The minimum absolute atomic E-state index is 0.300. The second-order valence-corrected chi connectivity index (χ2v) is 5.96. The number of carbonyl (C=O) groups excluding carboxylic acids is 1. The Bertz CT molecular complexity index is 494. The number of Topliss-reactive ketones (excluding diaryl/α,β-unsaturated/α-hetero) is 1. The topological polar surface area (TPSA) is 17.1 Å². The van der Waals surface area contributed by atoms with Gasteiger partial charge in [-0.1, -0.05) is 36.3 Å². The molecule has 0 radical (unpaired) electrons. The van der Waals surface area contributed by atoms with E-state index in [9.17, 15) is 4.79 Å². The number of rotatable bonds is 4. The molecule has 1 aromatic rings. The molecule has 1 aromatic carbocycles. The van der Waals surface area contributed by atoms with Crippen molar-refractivity contribution < 1.29 is 4.79 Å². The molecule has 1 nitrogen and oxygen atoms in total. The third-order valence-electron chi connectivity index (χ3n) is 4.56. The number of carbonyl (C=O) groups is 1. The Labute approximate surface area is 115 Å². The molecule has 0 aliphatic heterocycles. The van der Waals surface area contributed by atoms with Gasteiger partial charge in [-0.25, -0.2) is 0 Å². The Kier molecular flexibility index (Phi) is 3.82. The average molecular weight is 254 g/mol. The predicted octanol–water partition coefficient (Wildman–Crippen LogP) is 5.03. The van der Waals surface area contributed by atoms with Gasteiger partial charge >= 0.3 is 0 Å². The average Bonchev–Trinajstić information content (AvgIpc) is 2.38. The second kappa shape index (κ2) is 5.73. The van der Waals surface area contributed by atoms with Crippen molar-refractivity contribution in [1.82, 2.24) is 0 Å². The van der Waals surface area contributed by atoms with Gasteiger partial charge < -0.3 is 0 Å². The Hall–Kier alpha value is -1.37. The van der Waals surface area contributed by atoms with Gasteiger partial charge in [-0.15, -0.1) is 0 Å². The van der Waals surface area contributed by atoms with Crippen LogP contribution < -0.4 is 0 Å². The van der Waals surface area contributed by atoms with E-state index in [1.807, 2.05) is 6.07 Å². The minimum atomic E-state index is 0.300. The van der Waals surface area contributed by atoms with Gasteiger partial charge in [0.1, 0.15) is 0 Å². The largest absolute Gasteiger partial charge is 0.294 e. The summed E-state index contributed by atoms with van der Waals surface area (Å²) in [7, 11) is 0. The highest BCUT2D eigenvalue weighted by Crippen LogP contribution is 2.36. The van der Waals surface area contributed by atoms with Crippen molar-refractivity contribution in [2.75, 3.05) is 0 Å². The van der Waals surface area contributed by atoms with E-state index in [0.29, 0.717) is 18.1 Å². The van der Waals surface area contributed by atoms with Crippen LogP contribution in [0.1, 0.15) is 73.2 Å². The van der Waals surface area contributed by atoms with E-state index in [4.69, 9.17) is 0 Å². The Morgan fingerprint density at radius 3 is 2.74 bits per heavy atom. The monoisotopic (exact) mass is 254 g/mol. The molecule has 0 N–H and O–H groups in total. The molecule has 0 atom stereocenters. The Balaban J connectivity index is 1.70. The molecular formula is C18H22O. The molecular weight excluding hydrogens is 232 g/mol. The quantitative estimate of drug-likeness (QED) is 0.544. The SMILES string of the molecule is O=C(CC1=CCCCC1)c1cccc(C2CCC2)c1. The van der Waals surface area contributed by atoms with Crippen LogP contribution in [0.25, 0.3) is 0 Å². The van der Waals surface area contributed by atoms with Crippen molar-refractivity contribution >= 4 is 5.78 Å². The van der Waals surface area contributed by atoms with Gasteiger partial charge in [0.2, 0.25) is 0 Å². The van der Waals surface area contributed by atoms with Crippen molar-refractivity contribution in [3.8, 4) is 0 Å².